The molecule has 174 valence electrons. The molecule has 34 heavy (non-hydrogen) atoms. The van der Waals surface area contributed by atoms with Crippen molar-refractivity contribution in [3.05, 3.63) is 59.5 Å². The number of hydrogen-bond acceptors (Lipinski definition) is 7. The number of imidazole rings is 1. The minimum atomic E-state index is 0.162. The number of aromatic nitrogens is 5. The highest BCUT2D eigenvalue weighted by molar-refractivity contribution is 5.84. The van der Waals surface area contributed by atoms with Crippen LogP contribution in [0.5, 0.6) is 5.75 Å². The molecule has 0 radical (unpaired) electrons. The molecule has 2 fully saturated rings. The van der Waals surface area contributed by atoms with Crippen LogP contribution in [0.3, 0.4) is 0 Å². The third kappa shape index (κ3) is 3.73. The number of nitrogens with zero attached hydrogens (tertiary/aromatic N) is 6. The van der Waals surface area contributed by atoms with Crippen molar-refractivity contribution in [3.63, 3.8) is 0 Å². The Bertz CT molecular complexity index is 1340. The molecule has 8 heteroatoms. The van der Waals surface area contributed by atoms with Gasteiger partial charge in [0.2, 0.25) is 0 Å². The fourth-order valence-corrected chi connectivity index (χ4v) is 5.14. The molecule has 2 saturated heterocycles. The summed E-state index contributed by atoms with van der Waals surface area (Å²) in [5.41, 5.74) is 6.62. The molecule has 1 N–H and O–H groups in total. The first kappa shape index (κ1) is 21.2. The first-order valence-corrected chi connectivity index (χ1v) is 11.9. The van der Waals surface area contributed by atoms with Gasteiger partial charge in [-0.3, -0.25) is 4.90 Å². The lowest BCUT2D eigenvalue weighted by Crippen LogP contribution is -2.52. The zero-order valence-electron chi connectivity index (χ0n) is 19.5. The lowest BCUT2D eigenvalue weighted by molar-refractivity contribution is 0.000892. The standard InChI is InChI=1S/C26H28N6O2/c1-16-12-23(30-32-13-17(2)27-26(16)32)20-4-3-5-24(33)25(20)22-7-6-21(28-29-22)18-14-31(15-18)19-8-10-34-11-9-19/h3-7,12-13,18-19,33H,8-11,14-15H2,1-2H3. The van der Waals surface area contributed by atoms with Gasteiger partial charge in [-0.1, -0.05) is 12.1 Å². The average molecular weight is 457 g/mol. The summed E-state index contributed by atoms with van der Waals surface area (Å²) in [5, 5.41) is 24.6. The van der Waals surface area contributed by atoms with Crippen LogP contribution < -0.4 is 0 Å². The second-order valence-corrected chi connectivity index (χ2v) is 9.40. The van der Waals surface area contributed by atoms with Crippen molar-refractivity contribution in [1.29, 1.82) is 0 Å². The molecule has 0 atom stereocenters. The van der Waals surface area contributed by atoms with Gasteiger partial charge < -0.3 is 9.84 Å². The molecule has 5 heterocycles. The van der Waals surface area contributed by atoms with Crippen molar-refractivity contribution in [2.45, 2.75) is 38.6 Å². The summed E-state index contributed by atoms with van der Waals surface area (Å²) < 4.78 is 7.28. The van der Waals surface area contributed by atoms with Gasteiger partial charge in [-0.05, 0) is 56.5 Å². The summed E-state index contributed by atoms with van der Waals surface area (Å²) in [6.07, 6.45) is 4.14. The molecule has 0 saturated carbocycles. The first-order valence-electron chi connectivity index (χ1n) is 11.9. The number of likely N-dealkylation sites (tertiary alicyclic amines) is 1. The number of aromatic hydroxyl groups is 1. The topological polar surface area (TPSA) is 88.7 Å². The highest BCUT2D eigenvalue weighted by atomic mass is 16.5. The normalized spacial score (nSPS) is 17.8. The van der Waals surface area contributed by atoms with E-state index < -0.39 is 0 Å². The van der Waals surface area contributed by atoms with Crippen LogP contribution in [-0.4, -0.2) is 67.1 Å². The predicted octanol–water partition coefficient (Wildman–Crippen LogP) is 3.75. The van der Waals surface area contributed by atoms with Gasteiger partial charge in [0, 0.05) is 43.8 Å². The van der Waals surface area contributed by atoms with E-state index in [0.717, 1.165) is 73.0 Å². The Morgan fingerprint density at radius 1 is 1.00 bits per heavy atom. The lowest BCUT2D eigenvalue weighted by Gasteiger charge is -2.45. The number of rotatable bonds is 4. The van der Waals surface area contributed by atoms with Gasteiger partial charge in [-0.25, -0.2) is 9.50 Å². The van der Waals surface area contributed by atoms with Crippen molar-refractivity contribution in [1.82, 2.24) is 29.7 Å². The fraction of sp³-hybridized carbons (Fsp3) is 0.385. The maximum atomic E-state index is 10.8. The van der Waals surface area contributed by atoms with E-state index in [1.807, 2.05) is 50.4 Å². The van der Waals surface area contributed by atoms with Crippen LogP contribution in [0.15, 0.2) is 42.6 Å². The van der Waals surface area contributed by atoms with Crippen molar-refractivity contribution in [2.75, 3.05) is 26.3 Å². The molecule has 2 aliphatic heterocycles. The second-order valence-electron chi connectivity index (χ2n) is 9.40. The zero-order valence-corrected chi connectivity index (χ0v) is 19.5. The molecule has 4 aromatic rings. The average Bonchev–Trinajstić information content (AvgIpc) is 3.20. The SMILES string of the molecule is Cc1cn2nc(-c3cccc(O)c3-c3ccc(C4CN(C5CCOCC5)C4)nn3)cc(C)c2n1. The van der Waals surface area contributed by atoms with Crippen LogP contribution >= 0.6 is 0 Å². The first-order chi connectivity index (χ1) is 16.6. The Morgan fingerprint density at radius 2 is 1.82 bits per heavy atom. The largest absolute Gasteiger partial charge is 0.507 e. The Labute approximate surface area is 198 Å². The number of ether oxygens (including phenoxy) is 1. The van der Waals surface area contributed by atoms with Crippen molar-refractivity contribution in [2.24, 2.45) is 0 Å². The molecular weight excluding hydrogens is 428 g/mol. The number of hydrogen-bond donors (Lipinski definition) is 1. The molecule has 0 amide bonds. The summed E-state index contributed by atoms with van der Waals surface area (Å²) in [7, 11) is 0. The molecule has 0 unspecified atom stereocenters. The van der Waals surface area contributed by atoms with Gasteiger partial charge in [0.25, 0.3) is 0 Å². The third-order valence-electron chi connectivity index (χ3n) is 7.02. The summed E-state index contributed by atoms with van der Waals surface area (Å²) in [4.78, 5) is 7.07. The van der Waals surface area contributed by atoms with Crippen molar-refractivity contribution in [3.8, 4) is 28.3 Å². The van der Waals surface area contributed by atoms with E-state index in [4.69, 9.17) is 9.84 Å². The smallest absolute Gasteiger partial charge is 0.156 e. The maximum Gasteiger partial charge on any atom is 0.156 e. The van der Waals surface area contributed by atoms with Gasteiger partial charge in [0.05, 0.1) is 34.5 Å². The van der Waals surface area contributed by atoms with Crippen LogP contribution in [-0.2, 0) is 4.74 Å². The third-order valence-corrected chi connectivity index (χ3v) is 7.02. The van der Waals surface area contributed by atoms with Crippen LogP contribution in [0, 0.1) is 13.8 Å². The highest BCUT2D eigenvalue weighted by Gasteiger charge is 2.35. The zero-order chi connectivity index (χ0) is 23.2. The molecule has 3 aromatic heterocycles. The van der Waals surface area contributed by atoms with Crippen LogP contribution in [0.25, 0.3) is 28.2 Å². The maximum absolute atomic E-state index is 10.8. The Hall–Kier alpha value is -3.36. The predicted molar refractivity (Wildman–Crippen MR) is 129 cm³/mol. The van der Waals surface area contributed by atoms with Gasteiger partial charge in [0.15, 0.2) is 5.65 Å². The van der Waals surface area contributed by atoms with Gasteiger partial charge in [-0.2, -0.15) is 15.3 Å². The monoisotopic (exact) mass is 456 g/mol. The Balaban J connectivity index is 1.28. The molecule has 0 aliphatic carbocycles. The molecule has 0 bridgehead atoms. The summed E-state index contributed by atoms with van der Waals surface area (Å²) >= 11 is 0. The van der Waals surface area contributed by atoms with E-state index in [1.165, 1.54) is 0 Å². The number of phenols is 1. The summed E-state index contributed by atoms with van der Waals surface area (Å²) in [6, 6.07) is 12.1. The molecular formula is C26H28N6O2. The fourth-order valence-electron chi connectivity index (χ4n) is 5.14. The summed E-state index contributed by atoms with van der Waals surface area (Å²) in [6.45, 7) is 7.75. The summed E-state index contributed by atoms with van der Waals surface area (Å²) in [5.74, 6) is 0.569. The molecule has 0 spiro atoms. The number of fused-ring (bicyclic) bond motifs is 1. The molecule has 2 aliphatic rings. The quantitative estimate of drug-likeness (QED) is 0.500. The van der Waals surface area contributed by atoms with E-state index in [-0.39, 0.29) is 5.75 Å². The minimum Gasteiger partial charge on any atom is -0.507 e. The molecule has 6 rings (SSSR count). The van der Waals surface area contributed by atoms with E-state index in [9.17, 15) is 5.11 Å². The van der Waals surface area contributed by atoms with Crippen LogP contribution in [0.2, 0.25) is 0 Å². The van der Waals surface area contributed by atoms with Crippen LogP contribution in [0.4, 0.5) is 0 Å². The number of aryl methyl sites for hydroxylation is 2. The minimum absolute atomic E-state index is 0.162. The molecule has 8 nitrogen and oxygen atoms in total. The van der Waals surface area contributed by atoms with Gasteiger partial charge >= 0.3 is 0 Å². The van der Waals surface area contributed by atoms with Gasteiger partial charge in [0.1, 0.15) is 5.75 Å². The van der Waals surface area contributed by atoms with E-state index in [1.54, 1.807) is 10.6 Å². The Kier molecular flexibility index (Phi) is 5.27. The van der Waals surface area contributed by atoms with Crippen LogP contribution in [0.1, 0.15) is 35.7 Å². The second kappa shape index (κ2) is 8.45. The number of benzene rings is 1. The lowest BCUT2D eigenvalue weighted by atomic mass is 9.91. The van der Waals surface area contributed by atoms with Crippen molar-refractivity contribution < 1.29 is 9.84 Å². The highest BCUT2D eigenvalue weighted by Crippen LogP contribution is 2.38. The molecule has 1 aromatic carbocycles. The van der Waals surface area contributed by atoms with Gasteiger partial charge in [-0.15, -0.1) is 0 Å². The number of phenolic OH excluding ortho intramolecular Hbond substituents is 1. The Morgan fingerprint density at radius 3 is 2.59 bits per heavy atom. The van der Waals surface area contributed by atoms with Crippen molar-refractivity contribution >= 4 is 5.65 Å². The van der Waals surface area contributed by atoms with E-state index >= 15 is 0 Å². The van der Waals surface area contributed by atoms with E-state index in [0.29, 0.717) is 23.2 Å². The van der Waals surface area contributed by atoms with E-state index in [2.05, 4.69) is 20.1 Å².